The Balaban J connectivity index is 5.15. The zero-order chi connectivity index (χ0) is 11.4. The molecule has 0 bridgehead atoms. The van der Waals surface area contributed by atoms with E-state index in [4.69, 9.17) is 5.26 Å². The molecular weight excluding hydrogens is 188 g/mol. The molecule has 0 aromatic carbocycles. The van der Waals surface area contributed by atoms with Gasteiger partial charge in [0.1, 0.15) is 11.8 Å². The number of rotatable bonds is 4. The van der Waals surface area contributed by atoms with Crippen molar-refractivity contribution in [2.75, 3.05) is 13.1 Å². The van der Waals surface area contributed by atoms with Gasteiger partial charge in [-0.3, -0.25) is 0 Å². The van der Waals surface area contributed by atoms with E-state index in [-0.39, 0.29) is 0 Å². The van der Waals surface area contributed by atoms with Gasteiger partial charge in [0.15, 0.2) is 0 Å². The first-order valence-electron chi connectivity index (χ1n) is 5.24. The van der Waals surface area contributed by atoms with Crippen molar-refractivity contribution in [3.63, 3.8) is 0 Å². The maximum absolute atomic E-state index is 9.17. The lowest BCUT2D eigenvalue weighted by Gasteiger charge is -2.26. The molecule has 0 saturated carbocycles. The fourth-order valence-corrected chi connectivity index (χ4v) is 2.21. The summed E-state index contributed by atoms with van der Waals surface area (Å²) in [5, 5.41) is 10.5. The highest BCUT2D eigenvalue weighted by atomic mass is 28.3. The summed E-state index contributed by atoms with van der Waals surface area (Å²) in [5.41, 5.74) is 0.897. The van der Waals surface area contributed by atoms with Crippen molar-refractivity contribution in [2.24, 2.45) is 0 Å². The molecule has 0 amide bonds. The second kappa shape index (κ2) is 5.21. The smallest absolute Gasteiger partial charge is 0.117 e. The highest BCUT2D eigenvalue weighted by Crippen LogP contribution is 2.19. The van der Waals surface area contributed by atoms with Crippen LogP contribution in [0.5, 0.6) is 0 Å². The molecule has 0 N–H and O–H groups in total. The first-order chi connectivity index (χ1) is 6.38. The SMILES string of the molecule is CCN(CC)/C(C#N)=C(\C)[Si](C)(C)C. The highest BCUT2D eigenvalue weighted by Gasteiger charge is 2.21. The van der Waals surface area contributed by atoms with E-state index in [1.807, 2.05) is 0 Å². The Bertz CT molecular complexity index is 251. The molecule has 80 valence electrons. The van der Waals surface area contributed by atoms with Gasteiger partial charge in [-0.15, -0.1) is 0 Å². The molecule has 0 unspecified atom stereocenters. The molecule has 0 aliphatic rings. The van der Waals surface area contributed by atoms with Gasteiger partial charge in [0.2, 0.25) is 0 Å². The van der Waals surface area contributed by atoms with Crippen LogP contribution in [0.1, 0.15) is 20.8 Å². The average Bonchev–Trinajstić information content (AvgIpc) is 2.11. The van der Waals surface area contributed by atoms with Crippen molar-refractivity contribution >= 4 is 8.07 Å². The lowest BCUT2D eigenvalue weighted by molar-refractivity contribution is 0.395. The van der Waals surface area contributed by atoms with E-state index in [0.717, 1.165) is 18.8 Å². The number of allylic oxidation sites excluding steroid dienone is 2. The van der Waals surface area contributed by atoms with E-state index in [1.54, 1.807) is 0 Å². The number of nitriles is 1. The van der Waals surface area contributed by atoms with Gasteiger partial charge in [0, 0.05) is 13.1 Å². The largest absolute Gasteiger partial charge is 0.364 e. The molecule has 0 fully saturated rings. The van der Waals surface area contributed by atoms with Gasteiger partial charge in [-0.05, 0) is 20.8 Å². The first-order valence-corrected chi connectivity index (χ1v) is 8.74. The zero-order valence-corrected chi connectivity index (χ0v) is 11.3. The van der Waals surface area contributed by atoms with Crippen LogP contribution in [0.15, 0.2) is 10.9 Å². The van der Waals surface area contributed by atoms with Gasteiger partial charge in [-0.25, -0.2) is 0 Å². The Morgan fingerprint density at radius 1 is 1.21 bits per heavy atom. The van der Waals surface area contributed by atoms with E-state index in [9.17, 15) is 0 Å². The molecule has 0 rings (SSSR count). The summed E-state index contributed by atoms with van der Waals surface area (Å²) >= 11 is 0. The molecule has 0 aliphatic carbocycles. The summed E-state index contributed by atoms with van der Waals surface area (Å²) in [6.45, 7) is 15.0. The van der Waals surface area contributed by atoms with E-state index in [1.165, 1.54) is 5.20 Å². The van der Waals surface area contributed by atoms with Gasteiger partial charge in [0.05, 0.1) is 8.07 Å². The predicted molar refractivity (Wildman–Crippen MR) is 64.6 cm³/mol. The Morgan fingerprint density at radius 2 is 1.64 bits per heavy atom. The Hall–Kier alpha value is -0.753. The highest BCUT2D eigenvalue weighted by molar-refractivity contribution is 6.83. The molecular formula is C11H22N2Si. The molecule has 0 spiro atoms. The number of nitrogens with zero attached hydrogens (tertiary/aromatic N) is 2. The lowest BCUT2D eigenvalue weighted by atomic mass is 10.3. The van der Waals surface area contributed by atoms with Gasteiger partial charge >= 0.3 is 0 Å². The minimum atomic E-state index is -1.32. The maximum atomic E-state index is 9.17. The van der Waals surface area contributed by atoms with Crippen LogP contribution >= 0.6 is 0 Å². The minimum absolute atomic E-state index is 0.897. The molecule has 0 atom stereocenters. The molecule has 0 heterocycles. The normalized spacial score (nSPS) is 13.2. The summed E-state index contributed by atoms with van der Waals surface area (Å²) in [7, 11) is -1.32. The molecule has 0 aromatic heterocycles. The second-order valence-corrected chi connectivity index (χ2v) is 9.76. The first kappa shape index (κ1) is 13.2. The van der Waals surface area contributed by atoms with Crippen LogP contribution in [0.25, 0.3) is 0 Å². The van der Waals surface area contributed by atoms with E-state index >= 15 is 0 Å². The van der Waals surface area contributed by atoms with Crippen molar-refractivity contribution in [3.05, 3.63) is 10.9 Å². The summed E-state index contributed by atoms with van der Waals surface area (Å²) in [6.07, 6.45) is 0. The number of hydrogen-bond donors (Lipinski definition) is 0. The second-order valence-electron chi connectivity index (χ2n) is 4.51. The van der Waals surface area contributed by atoms with Crippen molar-refractivity contribution in [3.8, 4) is 6.07 Å². The standard InChI is InChI=1S/C11H22N2Si/c1-7-13(8-2)11(9-12)10(3)14(4,5)6/h7-8H2,1-6H3/b11-10+. The molecule has 0 aromatic rings. The van der Waals surface area contributed by atoms with Crippen LogP contribution in [0.4, 0.5) is 0 Å². The quantitative estimate of drug-likeness (QED) is 0.527. The van der Waals surface area contributed by atoms with E-state index < -0.39 is 8.07 Å². The monoisotopic (exact) mass is 210 g/mol. The fourth-order valence-electron chi connectivity index (χ4n) is 1.29. The molecule has 0 saturated heterocycles. The van der Waals surface area contributed by atoms with Crippen LogP contribution in [0, 0.1) is 11.3 Å². The molecule has 3 heteroatoms. The summed E-state index contributed by atoms with van der Waals surface area (Å²) < 4.78 is 0. The van der Waals surface area contributed by atoms with Crippen LogP contribution in [0.2, 0.25) is 19.6 Å². The van der Waals surface area contributed by atoms with Crippen LogP contribution in [-0.4, -0.2) is 26.1 Å². The summed E-state index contributed by atoms with van der Waals surface area (Å²) in [6, 6.07) is 2.35. The summed E-state index contributed by atoms with van der Waals surface area (Å²) in [4.78, 5) is 2.15. The topological polar surface area (TPSA) is 27.0 Å². The van der Waals surface area contributed by atoms with Crippen LogP contribution in [-0.2, 0) is 0 Å². The predicted octanol–water partition coefficient (Wildman–Crippen LogP) is 3.00. The van der Waals surface area contributed by atoms with Crippen LogP contribution < -0.4 is 0 Å². The van der Waals surface area contributed by atoms with Crippen LogP contribution in [0.3, 0.4) is 0 Å². The zero-order valence-electron chi connectivity index (χ0n) is 10.3. The Morgan fingerprint density at radius 3 is 1.86 bits per heavy atom. The minimum Gasteiger partial charge on any atom is -0.364 e. The van der Waals surface area contributed by atoms with Gasteiger partial charge in [-0.1, -0.05) is 24.8 Å². The Labute approximate surface area is 89.2 Å². The summed E-state index contributed by atoms with van der Waals surface area (Å²) in [5.74, 6) is 0. The Kier molecular flexibility index (Phi) is 4.93. The molecule has 2 nitrogen and oxygen atoms in total. The molecule has 0 radical (unpaired) electrons. The van der Waals surface area contributed by atoms with E-state index in [0.29, 0.717) is 0 Å². The lowest BCUT2D eigenvalue weighted by Crippen LogP contribution is -2.30. The van der Waals surface area contributed by atoms with Gasteiger partial charge in [-0.2, -0.15) is 5.26 Å². The number of hydrogen-bond acceptors (Lipinski definition) is 2. The van der Waals surface area contributed by atoms with Crippen molar-refractivity contribution in [1.29, 1.82) is 5.26 Å². The third kappa shape index (κ3) is 3.19. The fraction of sp³-hybridized carbons (Fsp3) is 0.727. The molecule has 14 heavy (non-hydrogen) atoms. The third-order valence-corrected chi connectivity index (χ3v) is 5.15. The maximum Gasteiger partial charge on any atom is 0.117 e. The van der Waals surface area contributed by atoms with Crippen molar-refractivity contribution < 1.29 is 0 Å². The van der Waals surface area contributed by atoms with Gasteiger partial charge < -0.3 is 4.90 Å². The van der Waals surface area contributed by atoms with E-state index in [2.05, 4.69) is 51.4 Å². The van der Waals surface area contributed by atoms with Gasteiger partial charge in [0.25, 0.3) is 0 Å². The average molecular weight is 210 g/mol. The van der Waals surface area contributed by atoms with Crippen molar-refractivity contribution in [2.45, 2.75) is 40.4 Å². The molecule has 0 aliphatic heterocycles. The van der Waals surface area contributed by atoms with Crippen molar-refractivity contribution in [1.82, 2.24) is 4.90 Å². The third-order valence-electron chi connectivity index (χ3n) is 2.67.